The minimum atomic E-state index is 0.530. The summed E-state index contributed by atoms with van der Waals surface area (Å²) in [6.07, 6.45) is 4.60. The molecule has 6 nitrogen and oxygen atoms in total. The van der Waals surface area contributed by atoms with Crippen LogP contribution in [0.3, 0.4) is 0 Å². The average molecular weight is 394 g/mol. The number of aromatic nitrogens is 3. The van der Waals surface area contributed by atoms with Gasteiger partial charge in [0.25, 0.3) is 0 Å². The smallest absolute Gasteiger partial charge is 0.175 e. The second-order valence-electron chi connectivity index (χ2n) is 6.79. The summed E-state index contributed by atoms with van der Waals surface area (Å²) in [5.74, 6) is 2.82. The number of ether oxygens (including phenoxy) is 1. The number of thiocarbonyl (C=S) groups is 1. The van der Waals surface area contributed by atoms with Crippen molar-refractivity contribution in [2.75, 3.05) is 17.7 Å². The van der Waals surface area contributed by atoms with E-state index in [0.29, 0.717) is 5.11 Å². The van der Waals surface area contributed by atoms with Crippen LogP contribution >= 0.6 is 12.2 Å². The van der Waals surface area contributed by atoms with Crippen LogP contribution in [0.15, 0.2) is 48.5 Å². The zero-order valence-corrected chi connectivity index (χ0v) is 16.6. The Morgan fingerprint density at radius 2 is 1.82 bits per heavy atom. The molecule has 0 fully saturated rings. The van der Waals surface area contributed by atoms with Crippen LogP contribution in [0.25, 0.3) is 11.4 Å². The molecule has 0 saturated carbocycles. The zero-order valence-electron chi connectivity index (χ0n) is 15.8. The van der Waals surface area contributed by atoms with Gasteiger partial charge in [-0.25, -0.2) is 0 Å². The van der Waals surface area contributed by atoms with Crippen molar-refractivity contribution in [2.24, 2.45) is 0 Å². The summed E-state index contributed by atoms with van der Waals surface area (Å²) >= 11 is 5.45. The summed E-state index contributed by atoms with van der Waals surface area (Å²) in [6.45, 7) is 0.979. The van der Waals surface area contributed by atoms with Gasteiger partial charge in [-0.15, -0.1) is 10.2 Å². The lowest BCUT2D eigenvalue weighted by Gasteiger charge is -2.12. The number of benzene rings is 2. The van der Waals surface area contributed by atoms with Gasteiger partial charge in [0, 0.05) is 29.9 Å². The average Bonchev–Trinajstić information content (AvgIpc) is 2.97. The summed E-state index contributed by atoms with van der Waals surface area (Å²) in [7, 11) is 1.65. The van der Waals surface area contributed by atoms with Crippen LogP contribution in [-0.4, -0.2) is 27.0 Å². The molecule has 0 unspecified atom stereocenters. The minimum Gasteiger partial charge on any atom is -0.497 e. The molecule has 0 saturated heterocycles. The first-order valence-corrected chi connectivity index (χ1v) is 9.88. The van der Waals surface area contributed by atoms with E-state index in [1.807, 2.05) is 36.4 Å². The van der Waals surface area contributed by atoms with Crippen molar-refractivity contribution in [3.63, 3.8) is 0 Å². The van der Waals surface area contributed by atoms with E-state index in [4.69, 9.17) is 17.0 Å². The second kappa shape index (κ2) is 8.39. The summed E-state index contributed by atoms with van der Waals surface area (Å²) in [6, 6.07) is 15.8. The van der Waals surface area contributed by atoms with Gasteiger partial charge in [-0.1, -0.05) is 18.6 Å². The fraction of sp³-hybridized carbons (Fsp3) is 0.286. The number of fused-ring (bicyclic) bond motifs is 1. The molecule has 2 heterocycles. The molecule has 3 aromatic rings. The molecule has 0 spiro atoms. The van der Waals surface area contributed by atoms with Gasteiger partial charge in [0.2, 0.25) is 0 Å². The summed E-state index contributed by atoms with van der Waals surface area (Å²) < 4.78 is 7.43. The van der Waals surface area contributed by atoms with Crippen LogP contribution in [0.4, 0.5) is 11.4 Å². The normalized spacial score (nSPS) is 13.3. The van der Waals surface area contributed by atoms with Gasteiger partial charge in [-0.2, -0.15) is 0 Å². The fourth-order valence-electron chi connectivity index (χ4n) is 3.40. The predicted octanol–water partition coefficient (Wildman–Crippen LogP) is 4.49. The predicted molar refractivity (Wildman–Crippen MR) is 116 cm³/mol. The van der Waals surface area contributed by atoms with Crippen LogP contribution in [0.1, 0.15) is 25.1 Å². The minimum absolute atomic E-state index is 0.530. The third-order valence-electron chi connectivity index (χ3n) is 4.84. The van der Waals surface area contributed by atoms with Crippen molar-refractivity contribution in [3.8, 4) is 17.1 Å². The Balaban J connectivity index is 1.48. The number of hydrogen-bond acceptors (Lipinski definition) is 4. The maximum atomic E-state index is 5.45. The maximum absolute atomic E-state index is 5.45. The van der Waals surface area contributed by atoms with Crippen molar-refractivity contribution in [1.82, 2.24) is 14.8 Å². The summed E-state index contributed by atoms with van der Waals surface area (Å²) in [5, 5.41) is 15.8. The molecular formula is C21H23N5OS. The Kier molecular flexibility index (Phi) is 5.53. The van der Waals surface area contributed by atoms with E-state index >= 15 is 0 Å². The third-order valence-corrected chi connectivity index (χ3v) is 5.04. The monoisotopic (exact) mass is 393 g/mol. The van der Waals surface area contributed by atoms with Crippen LogP contribution in [0.5, 0.6) is 5.75 Å². The quantitative estimate of drug-likeness (QED) is 0.637. The molecular weight excluding hydrogens is 370 g/mol. The van der Waals surface area contributed by atoms with Crippen LogP contribution in [-0.2, 0) is 13.0 Å². The van der Waals surface area contributed by atoms with Gasteiger partial charge in [0.1, 0.15) is 11.6 Å². The molecule has 2 aromatic carbocycles. The molecule has 0 aliphatic carbocycles. The fourth-order valence-corrected chi connectivity index (χ4v) is 3.64. The van der Waals surface area contributed by atoms with E-state index in [-0.39, 0.29) is 0 Å². The first kappa shape index (κ1) is 18.4. The second-order valence-corrected chi connectivity index (χ2v) is 7.20. The van der Waals surface area contributed by atoms with E-state index < -0.39 is 0 Å². The van der Waals surface area contributed by atoms with Crippen molar-refractivity contribution in [3.05, 3.63) is 54.4 Å². The molecule has 0 bridgehead atoms. The van der Waals surface area contributed by atoms with E-state index in [0.717, 1.165) is 47.3 Å². The van der Waals surface area contributed by atoms with Crippen molar-refractivity contribution >= 4 is 28.7 Å². The molecule has 1 aliphatic rings. The Labute approximate surface area is 169 Å². The van der Waals surface area contributed by atoms with Crippen molar-refractivity contribution in [2.45, 2.75) is 32.2 Å². The number of methoxy groups -OCH3 is 1. The van der Waals surface area contributed by atoms with Gasteiger partial charge in [-0.3, -0.25) is 0 Å². The van der Waals surface area contributed by atoms with Crippen molar-refractivity contribution < 1.29 is 4.74 Å². The zero-order chi connectivity index (χ0) is 19.3. The highest BCUT2D eigenvalue weighted by Gasteiger charge is 2.16. The highest BCUT2D eigenvalue weighted by Crippen LogP contribution is 2.25. The highest BCUT2D eigenvalue weighted by molar-refractivity contribution is 7.80. The Bertz CT molecular complexity index is 967. The molecule has 1 aromatic heterocycles. The number of rotatable bonds is 4. The molecule has 7 heteroatoms. The number of nitrogens with one attached hydrogen (secondary N) is 2. The van der Waals surface area contributed by atoms with Gasteiger partial charge >= 0.3 is 0 Å². The van der Waals surface area contributed by atoms with Crippen LogP contribution < -0.4 is 15.4 Å². The van der Waals surface area contributed by atoms with E-state index in [1.165, 1.54) is 19.3 Å². The molecule has 28 heavy (non-hydrogen) atoms. The maximum Gasteiger partial charge on any atom is 0.175 e. The lowest BCUT2D eigenvalue weighted by atomic mass is 10.2. The van der Waals surface area contributed by atoms with Gasteiger partial charge < -0.3 is 19.9 Å². The summed E-state index contributed by atoms with van der Waals surface area (Å²) in [4.78, 5) is 0. The van der Waals surface area contributed by atoms with Crippen molar-refractivity contribution in [1.29, 1.82) is 0 Å². The first-order valence-electron chi connectivity index (χ1n) is 9.47. The standard InChI is InChI=1S/C21H23N5OS/c1-27-18-11-9-16(10-12-18)22-21(28)23-17-7-5-6-15(14-17)20-25-24-19-8-3-2-4-13-26(19)20/h5-7,9-12,14H,2-4,8,13H2,1H3,(H2,22,23,28). The molecule has 0 amide bonds. The molecule has 4 rings (SSSR count). The van der Waals surface area contributed by atoms with E-state index in [1.54, 1.807) is 7.11 Å². The van der Waals surface area contributed by atoms with Gasteiger partial charge in [0.05, 0.1) is 7.11 Å². The number of anilines is 2. The van der Waals surface area contributed by atoms with Gasteiger partial charge in [0.15, 0.2) is 10.9 Å². The number of hydrogen-bond donors (Lipinski definition) is 2. The first-order chi connectivity index (χ1) is 13.7. The lowest BCUT2D eigenvalue weighted by Crippen LogP contribution is -2.19. The number of nitrogens with zero attached hydrogens (tertiary/aromatic N) is 3. The third kappa shape index (κ3) is 4.14. The van der Waals surface area contributed by atoms with Crippen LogP contribution in [0.2, 0.25) is 0 Å². The SMILES string of the molecule is COc1ccc(NC(=S)Nc2cccc(-c3nnc4n3CCCCC4)c2)cc1. The Morgan fingerprint density at radius 3 is 2.64 bits per heavy atom. The lowest BCUT2D eigenvalue weighted by molar-refractivity contribution is 0.415. The van der Waals surface area contributed by atoms with E-state index in [9.17, 15) is 0 Å². The Morgan fingerprint density at radius 1 is 1.00 bits per heavy atom. The number of aryl methyl sites for hydroxylation is 1. The van der Waals surface area contributed by atoms with E-state index in [2.05, 4.69) is 37.5 Å². The molecule has 2 N–H and O–H groups in total. The van der Waals surface area contributed by atoms with Gasteiger partial charge in [-0.05, 0) is 61.5 Å². The molecule has 0 radical (unpaired) electrons. The molecule has 0 atom stereocenters. The molecule has 1 aliphatic heterocycles. The van der Waals surface area contributed by atoms with Crippen LogP contribution in [0, 0.1) is 0 Å². The molecule has 144 valence electrons. The topological polar surface area (TPSA) is 64.0 Å². The highest BCUT2D eigenvalue weighted by atomic mass is 32.1. The summed E-state index contributed by atoms with van der Waals surface area (Å²) in [5.41, 5.74) is 2.85. The largest absolute Gasteiger partial charge is 0.497 e. The Hall–Kier alpha value is -2.93.